The fourth-order valence-corrected chi connectivity index (χ4v) is 3.71. The van der Waals surface area contributed by atoms with Gasteiger partial charge in [-0.1, -0.05) is 128 Å². The SMILES string of the molecule is CCCCCCCCCCCC(=O)OC(Cl)CCCCCCCCCCC. The quantitative estimate of drug-likeness (QED) is 0.109. The summed E-state index contributed by atoms with van der Waals surface area (Å²) < 4.78 is 5.32. The minimum Gasteiger partial charge on any atom is -0.446 e. The summed E-state index contributed by atoms with van der Waals surface area (Å²) in [5.74, 6) is -0.117. The van der Waals surface area contributed by atoms with E-state index in [0.717, 1.165) is 25.7 Å². The van der Waals surface area contributed by atoms with Crippen LogP contribution in [0.1, 0.15) is 142 Å². The van der Waals surface area contributed by atoms with Gasteiger partial charge in [-0.25, -0.2) is 0 Å². The Morgan fingerprint density at radius 3 is 1.44 bits per heavy atom. The van der Waals surface area contributed by atoms with Crippen molar-refractivity contribution in [1.29, 1.82) is 0 Å². The highest BCUT2D eigenvalue weighted by Gasteiger charge is 2.10. The zero-order chi connectivity index (χ0) is 20.0. The molecule has 0 N–H and O–H groups in total. The second-order valence-electron chi connectivity index (χ2n) is 8.10. The molecule has 0 aromatic rings. The van der Waals surface area contributed by atoms with Gasteiger partial charge in [0.05, 0.1) is 0 Å². The third-order valence-electron chi connectivity index (χ3n) is 5.28. The van der Waals surface area contributed by atoms with E-state index in [1.165, 1.54) is 96.3 Å². The Morgan fingerprint density at radius 2 is 1.00 bits per heavy atom. The van der Waals surface area contributed by atoms with Crippen LogP contribution in [0.5, 0.6) is 0 Å². The maximum absolute atomic E-state index is 11.8. The van der Waals surface area contributed by atoms with Crippen molar-refractivity contribution in [3.05, 3.63) is 0 Å². The summed E-state index contributed by atoms with van der Waals surface area (Å²) in [6.07, 6.45) is 24.4. The fourth-order valence-electron chi connectivity index (χ4n) is 3.46. The Bertz CT molecular complexity index is 307. The summed E-state index contributed by atoms with van der Waals surface area (Å²) in [5.41, 5.74) is -0.430. The zero-order valence-electron chi connectivity index (χ0n) is 18.4. The second kappa shape index (κ2) is 22.1. The van der Waals surface area contributed by atoms with Crippen molar-refractivity contribution >= 4 is 17.6 Å². The average molecular weight is 403 g/mol. The number of halogens is 1. The average Bonchev–Trinajstić information content (AvgIpc) is 2.65. The number of unbranched alkanes of at least 4 members (excludes halogenated alkanes) is 16. The van der Waals surface area contributed by atoms with E-state index in [9.17, 15) is 4.79 Å². The van der Waals surface area contributed by atoms with E-state index in [2.05, 4.69) is 13.8 Å². The highest BCUT2D eigenvalue weighted by atomic mass is 35.5. The molecule has 0 aliphatic rings. The maximum atomic E-state index is 11.8. The first-order chi connectivity index (χ1) is 13.2. The third kappa shape index (κ3) is 21.9. The number of rotatable bonds is 21. The van der Waals surface area contributed by atoms with E-state index in [1.54, 1.807) is 0 Å². The molecule has 0 radical (unpaired) electrons. The summed E-state index contributed by atoms with van der Waals surface area (Å²) >= 11 is 6.15. The maximum Gasteiger partial charge on any atom is 0.307 e. The number of ether oxygens (including phenoxy) is 1. The van der Waals surface area contributed by atoms with Gasteiger partial charge >= 0.3 is 5.97 Å². The fraction of sp³-hybridized carbons (Fsp3) is 0.958. The molecular formula is C24H47ClO2. The normalized spacial score (nSPS) is 12.3. The van der Waals surface area contributed by atoms with Crippen molar-refractivity contribution in [2.75, 3.05) is 0 Å². The molecule has 0 aliphatic carbocycles. The van der Waals surface area contributed by atoms with Crippen LogP contribution in [-0.4, -0.2) is 11.5 Å². The number of alkyl halides is 1. The standard InChI is InChI=1S/C24H47ClO2/c1-3-5-7-9-11-13-15-17-19-21-23(25)27-24(26)22-20-18-16-14-12-10-8-6-4-2/h23H,3-22H2,1-2H3. The van der Waals surface area contributed by atoms with Crippen LogP contribution in [0.3, 0.4) is 0 Å². The van der Waals surface area contributed by atoms with Crippen LogP contribution in [0.4, 0.5) is 0 Å². The molecule has 0 bridgehead atoms. The number of hydrogen-bond donors (Lipinski definition) is 0. The molecule has 0 amide bonds. The smallest absolute Gasteiger partial charge is 0.307 e. The Labute approximate surface area is 175 Å². The van der Waals surface area contributed by atoms with Gasteiger partial charge in [0, 0.05) is 6.42 Å². The lowest BCUT2D eigenvalue weighted by molar-refractivity contribution is -0.145. The molecule has 0 aromatic heterocycles. The van der Waals surface area contributed by atoms with Crippen molar-refractivity contribution in [2.45, 2.75) is 148 Å². The Morgan fingerprint density at radius 1 is 0.630 bits per heavy atom. The van der Waals surface area contributed by atoms with Crippen LogP contribution in [-0.2, 0) is 9.53 Å². The highest BCUT2D eigenvalue weighted by molar-refractivity contribution is 6.20. The molecule has 0 aromatic carbocycles. The predicted molar refractivity (Wildman–Crippen MR) is 119 cm³/mol. The van der Waals surface area contributed by atoms with E-state index in [1.807, 2.05) is 0 Å². The first-order valence-electron chi connectivity index (χ1n) is 12.0. The molecule has 3 heteroatoms. The molecular weight excluding hydrogens is 356 g/mol. The van der Waals surface area contributed by atoms with E-state index in [0.29, 0.717) is 6.42 Å². The first kappa shape index (κ1) is 26.8. The Kier molecular flexibility index (Phi) is 21.9. The molecule has 0 spiro atoms. The molecule has 0 rings (SSSR count). The monoisotopic (exact) mass is 402 g/mol. The first-order valence-corrected chi connectivity index (χ1v) is 12.5. The molecule has 2 nitrogen and oxygen atoms in total. The van der Waals surface area contributed by atoms with Crippen LogP contribution >= 0.6 is 11.6 Å². The summed E-state index contributed by atoms with van der Waals surface area (Å²) in [5, 5.41) is 0. The minimum atomic E-state index is -0.430. The van der Waals surface area contributed by atoms with Gasteiger partial charge in [-0.2, -0.15) is 0 Å². The Balaban J connectivity index is 3.32. The van der Waals surface area contributed by atoms with Gasteiger partial charge in [-0.05, 0) is 19.3 Å². The van der Waals surface area contributed by atoms with E-state index < -0.39 is 5.56 Å². The van der Waals surface area contributed by atoms with E-state index in [-0.39, 0.29) is 5.97 Å². The molecule has 0 heterocycles. The van der Waals surface area contributed by atoms with Crippen LogP contribution in [0.25, 0.3) is 0 Å². The van der Waals surface area contributed by atoms with Crippen LogP contribution in [0, 0.1) is 0 Å². The lowest BCUT2D eigenvalue weighted by atomic mass is 10.1. The number of carbonyl (C=O) groups excluding carboxylic acids is 1. The molecule has 1 unspecified atom stereocenters. The molecule has 27 heavy (non-hydrogen) atoms. The van der Waals surface area contributed by atoms with Crippen molar-refractivity contribution in [1.82, 2.24) is 0 Å². The van der Waals surface area contributed by atoms with Crippen LogP contribution in [0.2, 0.25) is 0 Å². The van der Waals surface area contributed by atoms with Gasteiger partial charge in [0.2, 0.25) is 0 Å². The highest BCUT2D eigenvalue weighted by Crippen LogP contribution is 2.16. The summed E-state index contributed by atoms with van der Waals surface area (Å²) in [6.45, 7) is 4.51. The lowest BCUT2D eigenvalue weighted by Gasteiger charge is -2.11. The Hall–Kier alpha value is -0.240. The molecule has 0 saturated carbocycles. The van der Waals surface area contributed by atoms with Gasteiger partial charge in [0.15, 0.2) is 5.56 Å². The number of carbonyl (C=O) groups is 1. The van der Waals surface area contributed by atoms with Gasteiger partial charge in [-0.15, -0.1) is 0 Å². The zero-order valence-corrected chi connectivity index (χ0v) is 19.2. The van der Waals surface area contributed by atoms with Gasteiger partial charge in [0.1, 0.15) is 0 Å². The van der Waals surface area contributed by atoms with Crippen molar-refractivity contribution in [2.24, 2.45) is 0 Å². The molecule has 0 saturated heterocycles. The summed E-state index contributed by atoms with van der Waals surface area (Å²) in [6, 6.07) is 0. The van der Waals surface area contributed by atoms with Crippen molar-refractivity contribution in [3.63, 3.8) is 0 Å². The second-order valence-corrected chi connectivity index (χ2v) is 8.58. The number of esters is 1. The van der Waals surface area contributed by atoms with Crippen molar-refractivity contribution < 1.29 is 9.53 Å². The van der Waals surface area contributed by atoms with Crippen LogP contribution < -0.4 is 0 Å². The summed E-state index contributed by atoms with van der Waals surface area (Å²) in [4.78, 5) is 11.8. The summed E-state index contributed by atoms with van der Waals surface area (Å²) in [7, 11) is 0. The topological polar surface area (TPSA) is 26.3 Å². The van der Waals surface area contributed by atoms with E-state index in [4.69, 9.17) is 16.3 Å². The van der Waals surface area contributed by atoms with Crippen LogP contribution in [0.15, 0.2) is 0 Å². The molecule has 1 atom stereocenters. The minimum absolute atomic E-state index is 0.117. The largest absolute Gasteiger partial charge is 0.446 e. The van der Waals surface area contributed by atoms with Gasteiger partial charge in [-0.3, -0.25) is 4.79 Å². The predicted octanol–water partition coefficient (Wildman–Crippen LogP) is 8.94. The van der Waals surface area contributed by atoms with E-state index >= 15 is 0 Å². The van der Waals surface area contributed by atoms with Gasteiger partial charge in [0.25, 0.3) is 0 Å². The van der Waals surface area contributed by atoms with Crippen molar-refractivity contribution in [3.8, 4) is 0 Å². The molecule has 162 valence electrons. The van der Waals surface area contributed by atoms with Gasteiger partial charge < -0.3 is 4.74 Å². The molecule has 0 fully saturated rings. The molecule has 0 aliphatic heterocycles. The lowest BCUT2D eigenvalue weighted by Crippen LogP contribution is -2.12. The number of hydrogen-bond acceptors (Lipinski definition) is 2. The third-order valence-corrected chi connectivity index (χ3v) is 5.59.